The maximum absolute atomic E-state index is 14.2. The fraction of sp³-hybridized carbons (Fsp3) is 0.286. The van der Waals surface area contributed by atoms with Crippen molar-refractivity contribution < 1.29 is 43.5 Å². The number of halogens is 1. The van der Waals surface area contributed by atoms with Gasteiger partial charge >= 0.3 is 34.8 Å². The van der Waals surface area contributed by atoms with Crippen LogP contribution in [0.4, 0.5) is 20.6 Å². The van der Waals surface area contributed by atoms with Crippen LogP contribution in [0.25, 0.3) is 0 Å². The van der Waals surface area contributed by atoms with Crippen molar-refractivity contribution in [3.8, 4) is 0 Å². The van der Waals surface area contributed by atoms with E-state index in [4.69, 9.17) is 0 Å². The molecule has 0 radical (unpaired) electrons. The van der Waals surface area contributed by atoms with Crippen LogP contribution in [-0.2, 0) is 4.79 Å². The summed E-state index contributed by atoms with van der Waals surface area (Å²) < 4.78 is 15.6. The Balaban J connectivity index is 0.00000264. The summed E-state index contributed by atoms with van der Waals surface area (Å²) in [6.45, 7) is 8.62. The molecule has 1 aromatic carbocycles. The maximum atomic E-state index is 14.2. The van der Waals surface area contributed by atoms with Gasteiger partial charge in [0, 0.05) is 31.0 Å². The van der Waals surface area contributed by atoms with Gasteiger partial charge in [-0.1, -0.05) is 0 Å². The van der Waals surface area contributed by atoms with Crippen molar-refractivity contribution in [3.05, 3.63) is 37.9 Å². The molecule has 0 spiro atoms. The second kappa shape index (κ2) is 9.48. The van der Waals surface area contributed by atoms with Crippen LogP contribution in [0.2, 0.25) is 0 Å². The maximum Gasteiger partial charge on any atom is 1.00 e. The van der Waals surface area contributed by atoms with Crippen molar-refractivity contribution in [2.45, 2.75) is 6.42 Å². The summed E-state index contributed by atoms with van der Waals surface area (Å²) in [7, 11) is 0. The molecule has 1 fully saturated rings. The molecular weight excluding hydrogens is 330 g/mol. The van der Waals surface area contributed by atoms with Crippen molar-refractivity contribution in [1.29, 1.82) is 0 Å². The van der Waals surface area contributed by atoms with E-state index in [0.29, 0.717) is 31.0 Å². The van der Waals surface area contributed by atoms with Crippen LogP contribution in [0.1, 0.15) is 6.42 Å². The van der Waals surface area contributed by atoms with Gasteiger partial charge in [-0.2, -0.15) is 4.41 Å². The molecule has 1 aliphatic rings. The molecule has 0 aromatic heterocycles. The summed E-state index contributed by atoms with van der Waals surface area (Å²) in [6, 6.07) is 4.66. The molecule has 6 nitrogen and oxygen atoms in total. The number of hydrogen-bond acceptors (Lipinski definition) is 6. The summed E-state index contributed by atoms with van der Waals surface area (Å²) in [6.07, 6.45) is 0.184. The Labute approximate surface area is 161 Å². The molecule has 1 aliphatic heterocycles. The Hall–Kier alpha value is -0.800. The summed E-state index contributed by atoms with van der Waals surface area (Å²) >= 11 is 0.830. The van der Waals surface area contributed by atoms with Gasteiger partial charge in [0.2, 0.25) is 5.91 Å². The number of hydrogen-bond donors (Lipinski definition) is 2. The van der Waals surface area contributed by atoms with Crippen molar-refractivity contribution >= 4 is 34.5 Å². The SMILES string of the molecule is [CH2-]CN(C[CH2-])c1ccc(NN2CCC(=O)NC(=O)S2)cc1F.[Na+]. The van der Waals surface area contributed by atoms with Gasteiger partial charge in [0.1, 0.15) is 5.82 Å². The number of nitrogens with one attached hydrogen (secondary N) is 2. The molecule has 0 bridgehead atoms. The van der Waals surface area contributed by atoms with Crippen LogP contribution >= 0.6 is 11.9 Å². The minimum absolute atomic E-state index is 0. The average Bonchev–Trinajstić information content (AvgIpc) is 2.63. The first-order valence-electron chi connectivity index (χ1n) is 6.72. The molecule has 0 unspecified atom stereocenters. The minimum atomic E-state index is -0.465. The van der Waals surface area contributed by atoms with Crippen molar-refractivity contribution in [2.24, 2.45) is 0 Å². The Morgan fingerprint density at radius 2 is 2.04 bits per heavy atom. The number of nitrogens with zero attached hydrogens (tertiary/aromatic N) is 2. The van der Waals surface area contributed by atoms with E-state index >= 15 is 0 Å². The van der Waals surface area contributed by atoms with E-state index in [1.54, 1.807) is 17.0 Å². The summed E-state index contributed by atoms with van der Waals surface area (Å²) in [5.74, 6) is -0.734. The second-order valence-electron chi connectivity index (χ2n) is 4.54. The number of benzene rings is 1. The molecule has 2 N–H and O–H groups in total. The predicted molar refractivity (Wildman–Crippen MR) is 85.4 cm³/mol. The van der Waals surface area contributed by atoms with Gasteiger partial charge in [0.05, 0.1) is 11.4 Å². The van der Waals surface area contributed by atoms with Gasteiger partial charge in [-0.3, -0.25) is 14.9 Å². The molecule has 9 heteroatoms. The largest absolute Gasteiger partial charge is 1.00 e. The zero-order valence-corrected chi connectivity index (χ0v) is 15.8. The Bertz CT molecular complexity index is 572. The molecule has 0 atom stereocenters. The molecule has 0 saturated carbocycles. The van der Waals surface area contributed by atoms with E-state index in [0.717, 1.165) is 11.9 Å². The smallest absolute Gasteiger partial charge is 0.429 e. The van der Waals surface area contributed by atoms with Crippen LogP contribution in [0.3, 0.4) is 0 Å². The van der Waals surface area contributed by atoms with Gasteiger partial charge in [0.25, 0.3) is 0 Å². The third-order valence-electron chi connectivity index (χ3n) is 3.06. The normalized spacial score (nSPS) is 15.4. The number of anilines is 2. The first-order chi connectivity index (χ1) is 10.5. The van der Waals surface area contributed by atoms with Gasteiger partial charge in [-0.05, 0) is 12.1 Å². The van der Waals surface area contributed by atoms with Crippen LogP contribution in [-0.4, -0.2) is 35.2 Å². The number of carbonyl (C=O) groups is 2. The van der Waals surface area contributed by atoms with E-state index in [1.807, 2.05) is 0 Å². The summed E-state index contributed by atoms with van der Waals surface area (Å²) in [5, 5.41) is 1.75. The number of carbonyl (C=O) groups excluding carboxylic acids is 2. The monoisotopic (exact) mass is 347 g/mol. The van der Waals surface area contributed by atoms with Crippen LogP contribution in [0, 0.1) is 19.7 Å². The van der Waals surface area contributed by atoms with Gasteiger partial charge < -0.3 is 24.2 Å². The molecule has 0 aliphatic carbocycles. The minimum Gasteiger partial charge on any atom is -0.429 e. The topological polar surface area (TPSA) is 64.7 Å². The first kappa shape index (κ1) is 20.2. The molecule has 2 amide bonds. The van der Waals surface area contributed by atoms with Gasteiger partial charge in [0.15, 0.2) is 0 Å². The van der Waals surface area contributed by atoms with Crippen LogP contribution in [0.15, 0.2) is 18.2 Å². The Morgan fingerprint density at radius 1 is 1.35 bits per heavy atom. The second-order valence-corrected chi connectivity index (χ2v) is 5.54. The quantitative estimate of drug-likeness (QED) is 0.414. The molecule has 1 saturated heterocycles. The summed E-state index contributed by atoms with van der Waals surface area (Å²) in [4.78, 5) is 24.4. The van der Waals surface area contributed by atoms with Crippen LogP contribution < -0.4 is 45.2 Å². The van der Waals surface area contributed by atoms with Crippen molar-refractivity contribution in [3.63, 3.8) is 0 Å². The van der Waals surface area contributed by atoms with E-state index in [9.17, 15) is 14.0 Å². The third kappa shape index (κ3) is 5.65. The first-order valence-corrected chi connectivity index (χ1v) is 7.49. The zero-order chi connectivity index (χ0) is 16.1. The van der Waals surface area contributed by atoms with E-state index in [-0.39, 0.29) is 41.9 Å². The number of imide groups is 1. The number of amides is 2. The predicted octanol–water partition coefficient (Wildman–Crippen LogP) is -0.779. The molecule has 2 rings (SSSR count). The fourth-order valence-electron chi connectivity index (χ4n) is 1.96. The average molecular weight is 347 g/mol. The number of hydrazine groups is 1. The molecule has 120 valence electrons. The molecule has 1 heterocycles. The van der Waals surface area contributed by atoms with Gasteiger partial charge in [-0.25, -0.2) is 4.39 Å². The number of rotatable bonds is 5. The fourth-order valence-corrected chi connectivity index (χ4v) is 2.65. The van der Waals surface area contributed by atoms with Crippen molar-refractivity contribution in [1.82, 2.24) is 9.73 Å². The Morgan fingerprint density at radius 3 is 2.65 bits per heavy atom. The van der Waals surface area contributed by atoms with E-state index in [2.05, 4.69) is 24.6 Å². The third-order valence-corrected chi connectivity index (χ3v) is 3.82. The Kier molecular flexibility index (Phi) is 8.35. The standard InChI is InChI=1S/C14H17FN4O2S.Na/c1-3-18(4-2)12-6-5-10(9-11(12)15)17-19-8-7-13(20)16-14(21)22-19;/h5-6,9,17H,1-4,7-8H2,(H,16,20,21);/q-2;+1. The zero-order valence-electron chi connectivity index (χ0n) is 13.0. The molecule has 23 heavy (non-hydrogen) atoms. The van der Waals surface area contributed by atoms with Crippen LogP contribution in [0.5, 0.6) is 0 Å². The van der Waals surface area contributed by atoms with E-state index in [1.165, 1.54) is 10.5 Å². The van der Waals surface area contributed by atoms with Gasteiger partial charge in [-0.15, -0.1) is 13.1 Å². The van der Waals surface area contributed by atoms with Crippen molar-refractivity contribution in [2.75, 3.05) is 30.0 Å². The molecule has 1 aromatic rings. The molecular formula is C14H17FN4NaO2S-. The van der Waals surface area contributed by atoms with E-state index < -0.39 is 11.1 Å². The summed E-state index contributed by atoms with van der Waals surface area (Å²) in [5.41, 5.74) is 3.82.